The zero-order valence-corrected chi connectivity index (χ0v) is 18.5. The van der Waals surface area contributed by atoms with Crippen LogP contribution in [0.2, 0.25) is 0 Å². The van der Waals surface area contributed by atoms with Crippen molar-refractivity contribution < 1.29 is 22.8 Å². The van der Waals surface area contributed by atoms with Crippen molar-refractivity contribution in [3.05, 3.63) is 84.3 Å². The van der Waals surface area contributed by atoms with Crippen molar-refractivity contribution in [1.29, 1.82) is 0 Å². The maximum atomic E-state index is 13.6. The van der Waals surface area contributed by atoms with Gasteiger partial charge < -0.3 is 5.32 Å². The van der Waals surface area contributed by atoms with Crippen LogP contribution in [0.25, 0.3) is 16.7 Å². The summed E-state index contributed by atoms with van der Waals surface area (Å²) in [4.78, 5) is 31.1. The van der Waals surface area contributed by atoms with Crippen LogP contribution in [0.3, 0.4) is 0 Å². The Labute approximate surface area is 198 Å². The van der Waals surface area contributed by atoms with Crippen LogP contribution in [-0.2, 0) is 9.59 Å². The molecule has 0 saturated carbocycles. The highest BCUT2D eigenvalue weighted by Crippen LogP contribution is 2.37. The van der Waals surface area contributed by atoms with Crippen molar-refractivity contribution in [2.75, 3.05) is 4.90 Å². The maximum Gasteiger partial charge on any atom is 0.321 e. The lowest BCUT2D eigenvalue weighted by Gasteiger charge is -2.29. The molecule has 1 fully saturated rings. The molecule has 35 heavy (non-hydrogen) atoms. The molecule has 5 rings (SSSR count). The maximum absolute atomic E-state index is 13.6. The summed E-state index contributed by atoms with van der Waals surface area (Å²) in [5, 5.41) is 6.67. The molecule has 0 radical (unpaired) electrons. The lowest BCUT2D eigenvalue weighted by Crippen LogP contribution is -2.46. The average molecular weight is 479 g/mol. The lowest BCUT2D eigenvalue weighted by atomic mass is 9.99. The fourth-order valence-corrected chi connectivity index (χ4v) is 4.29. The number of hydrogen-bond acceptors (Lipinski definition) is 4. The molecule has 7 nitrogen and oxygen atoms in total. The molecule has 0 bridgehead atoms. The van der Waals surface area contributed by atoms with Crippen LogP contribution in [0.4, 0.5) is 19.0 Å². The molecule has 1 aliphatic rings. The van der Waals surface area contributed by atoms with E-state index in [0.29, 0.717) is 35.0 Å². The number of nitrogens with one attached hydrogen (secondary N) is 1. The van der Waals surface area contributed by atoms with E-state index in [0.717, 1.165) is 0 Å². The third kappa shape index (κ3) is 4.23. The molecule has 3 heterocycles. The number of halogens is 3. The Balaban J connectivity index is 1.53. The molecule has 0 aliphatic carbocycles. The number of aromatic nitrogens is 3. The number of hydrogen-bond donors (Lipinski definition) is 1. The van der Waals surface area contributed by atoms with E-state index in [1.807, 2.05) is 0 Å². The van der Waals surface area contributed by atoms with Crippen molar-refractivity contribution in [3.8, 4) is 5.69 Å². The SMILES string of the molecule is CC(F)(F)C(=O)N[C@H]1CC(=O)N(c2ccc3c(cnn3-c3ccc(F)cc3)n2)[C@@H]1c1ccccc1. The van der Waals surface area contributed by atoms with Gasteiger partial charge >= 0.3 is 5.92 Å². The molecule has 0 spiro atoms. The third-order valence-corrected chi connectivity index (χ3v) is 5.91. The van der Waals surface area contributed by atoms with Gasteiger partial charge in [0.1, 0.15) is 17.2 Å². The smallest absolute Gasteiger partial charge is 0.321 e. The topological polar surface area (TPSA) is 80.1 Å². The Kier molecular flexibility index (Phi) is 5.50. The fraction of sp³-hybridized carbons (Fsp3) is 0.200. The van der Waals surface area contributed by atoms with Crippen molar-refractivity contribution in [2.24, 2.45) is 0 Å². The van der Waals surface area contributed by atoms with Gasteiger partial charge in [0.15, 0.2) is 0 Å². The number of carbonyl (C=O) groups excluding carboxylic acids is 2. The number of rotatable bonds is 5. The van der Waals surface area contributed by atoms with Crippen molar-refractivity contribution in [1.82, 2.24) is 20.1 Å². The standard InChI is InChI=1S/C25H20F3N5O2/c1-25(27,28)24(35)31-18-13-22(34)32(23(18)15-5-3-2-4-6-15)21-12-11-20-19(30-21)14-29-33(20)17-9-7-16(26)8-10-17/h2-12,14,18,23H,13H2,1H3,(H,31,35)/t18-,23+/m0/s1. The van der Waals surface area contributed by atoms with E-state index in [1.54, 1.807) is 59.3 Å². The predicted octanol–water partition coefficient (Wildman–Crippen LogP) is 4.18. The minimum Gasteiger partial charge on any atom is -0.345 e. The molecular weight excluding hydrogens is 459 g/mol. The van der Waals surface area contributed by atoms with Crippen LogP contribution in [0.5, 0.6) is 0 Å². The van der Waals surface area contributed by atoms with Gasteiger partial charge in [0, 0.05) is 13.3 Å². The normalized spacial score (nSPS) is 18.3. The summed E-state index contributed by atoms with van der Waals surface area (Å²) in [6.45, 7) is 0.517. The van der Waals surface area contributed by atoms with E-state index in [-0.39, 0.29) is 18.1 Å². The van der Waals surface area contributed by atoms with Gasteiger partial charge in [-0.15, -0.1) is 0 Å². The zero-order chi connectivity index (χ0) is 24.7. The number of alkyl halides is 2. The molecule has 1 saturated heterocycles. The number of nitrogens with zero attached hydrogens (tertiary/aromatic N) is 4. The summed E-state index contributed by atoms with van der Waals surface area (Å²) in [5.41, 5.74) is 2.43. The minimum atomic E-state index is -3.58. The average Bonchev–Trinajstić information content (AvgIpc) is 3.39. The van der Waals surface area contributed by atoms with Crippen LogP contribution >= 0.6 is 0 Å². The molecule has 2 atom stereocenters. The Morgan fingerprint density at radius 3 is 2.46 bits per heavy atom. The second-order valence-electron chi connectivity index (χ2n) is 8.40. The molecule has 2 aromatic heterocycles. The number of pyridine rings is 1. The Hall–Kier alpha value is -4.21. The second kappa shape index (κ2) is 8.53. The Morgan fingerprint density at radius 1 is 1.06 bits per heavy atom. The molecule has 0 unspecified atom stereocenters. The quantitative estimate of drug-likeness (QED) is 0.466. The first-order chi connectivity index (χ1) is 16.7. The number of amides is 2. The highest BCUT2D eigenvalue weighted by molar-refractivity contribution is 5.98. The largest absolute Gasteiger partial charge is 0.345 e. The Bertz CT molecular complexity index is 1400. The van der Waals surface area contributed by atoms with Gasteiger partial charge in [-0.05, 0) is 42.0 Å². The van der Waals surface area contributed by atoms with Crippen LogP contribution < -0.4 is 10.2 Å². The molecule has 1 N–H and O–H groups in total. The first kappa shape index (κ1) is 22.6. The predicted molar refractivity (Wildman–Crippen MR) is 123 cm³/mol. The summed E-state index contributed by atoms with van der Waals surface area (Å²) in [5.74, 6) is -5.45. The highest BCUT2D eigenvalue weighted by Gasteiger charge is 2.45. The Morgan fingerprint density at radius 2 is 1.77 bits per heavy atom. The van der Waals surface area contributed by atoms with E-state index >= 15 is 0 Å². The number of benzene rings is 2. The van der Waals surface area contributed by atoms with E-state index < -0.39 is 23.9 Å². The van der Waals surface area contributed by atoms with Crippen molar-refractivity contribution in [2.45, 2.75) is 31.4 Å². The van der Waals surface area contributed by atoms with Gasteiger partial charge in [0.25, 0.3) is 5.91 Å². The summed E-state index contributed by atoms with van der Waals surface area (Å²) < 4.78 is 42.1. The summed E-state index contributed by atoms with van der Waals surface area (Å²) >= 11 is 0. The fourth-order valence-electron chi connectivity index (χ4n) is 4.29. The van der Waals surface area contributed by atoms with Gasteiger partial charge in [0.05, 0.1) is 29.5 Å². The molecule has 10 heteroatoms. The highest BCUT2D eigenvalue weighted by atomic mass is 19.3. The van der Waals surface area contributed by atoms with E-state index in [9.17, 15) is 22.8 Å². The minimum absolute atomic E-state index is 0.157. The number of carbonyl (C=O) groups is 2. The summed E-state index contributed by atoms with van der Waals surface area (Å²) in [6, 6.07) is 16.5. The molecule has 1 aliphatic heterocycles. The number of fused-ring (bicyclic) bond motifs is 1. The van der Waals surface area contributed by atoms with Crippen LogP contribution in [0.1, 0.15) is 24.9 Å². The van der Waals surface area contributed by atoms with Gasteiger partial charge in [-0.3, -0.25) is 14.5 Å². The molecule has 2 amide bonds. The molecule has 178 valence electrons. The molecule has 4 aromatic rings. The van der Waals surface area contributed by atoms with Crippen molar-refractivity contribution >= 4 is 28.7 Å². The number of anilines is 1. The zero-order valence-electron chi connectivity index (χ0n) is 18.5. The molecular formula is C25H20F3N5O2. The third-order valence-electron chi connectivity index (χ3n) is 5.91. The van der Waals surface area contributed by atoms with Crippen LogP contribution in [0.15, 0.2) is 72.9 Å². The first-order valence-corrected chi connectivity index (χ1v) is 10.9. The second-order valence-corrected chi connectivity index (χ2v) is 8.40. The van der Waals surface area contributed by atoms with E-state index in [2.05, 4.69) is 15.4 Å². The van der Waals surface area contributed by atoms with Crippen LogP contribution in [-0.4, -0.2) is 38.5 Å². The van der Waals surface area contributed by atoms with Gasteiger partial charge in [-0.2, -0.15) is 13.9 Å². The summed E-state index contributed by atoms with van der Waals surface area (Å²) in [7, 11) is 0. The lowest BCUT2D eigenvalue weighted by molar-refractivity contribution is -0.143. The van der Waals surface area contributed by atoms with E-state index in [4.69, 9.17) is 0 Å². The first-order valence-electron chi connectivity index (χ1n) is 10.9. The van der Waals surface area contributed by atoms with Gasteiger partial charge in [-0.25, -0.2) is 14.1 Å². The van der Waals surface area contributed by atoms with Gasteiger partial charge in [0.2, 0.25) is 5.91 Å². The van der Waals surface area contributed by atoms with Gasteiger partial charge in [-0.1, -0.05) is 30.3 Å². The summed E-state index contributed by atoms with van der Waals surface area (Å²) in [6.07, 6.45) is 1.37. The van der Waals surface area contributed by atoms with E-state index in [1.165, 1.54) is 23.2 Å². The van der Waals surface area contributed by atoms with Crippen molar-refractivity contribution in [3.63, 3.8) is 0 Å². The van der Waals surface area contributed by atoms with Crippen LogP contribution in [0, 0.1) is 5.82 Å². The monoisotopic (exact) mass is 479 g/mol. The molecule has 2 aromatic carbocycles.